The van der Waals surface area contributed by atoms with Gasteiger partial charge in [-0.05, 0) is 49.2 Å². The summed E-state index contributed by atoms with van der Waals surface area (Å²) in [4.78, 5) is 21.7. The average molecular weight is 356 g/mol. The first kappa shape index (κ1) is 17.6. The second-order valence-corrected chi connectivity index (χ2v) is 5.71. The molecule has 0 atom stereocenters. The van der Waals surface area contributed by atoms with Gasteiger partial charge < -0.3 is 14.4 Å². The molecule has 0 aliphatic heterocycles. The molecule has 1 aromatic rings. The zero-order valence-corrected chi connectivity index (χ0v) is 14.6. The number of carbonyl (C=O) groups is 1. The van der Waals surface area contributed by atoms with Crippen LogP contribution in [0.3, 0.4) is 0 Å². The molecule has 21 heavy (non-hydrogen) atoms. The fraction of sp³-hybridized carbons (Fsp3) is 0.533. The number of hydrogen-bond acceptors (Lipinski definition) is 4. The Kier molecular flexibility index (Phi) is 7.36. The van der Waals surface area contributed by atoms with E-state index in [1.165, 1.54) is 0 Å². The van der Waals surface area contributed by atoms with Crippen molar-refractivity contribution in [3.8, 4) is 5.88 Å². The van der Waals surface area contributed by atoms with E-state index in [-0.39, 0.29) is 5.78 Å². The third-order valence-corrected chi connectivity index (χ3v) is 3.48. The molecule has 0 bridgehead atoms. The summed E-state index contributed by atoms with van der Waals surface area (Å²) in [5.41, 5.74) is 1.61. The molecule has 0 spiro atoms. The van der Waals surface area contributed by atoms with Gasteiger partial charge in [0.15, 0.2) is 0 Å². The van der Waals surface area contributed by atoms with Crippen molar-refractivity contribution < 1.29 is 9.53 Å². The van der Waals surface area contributed by atoms with Crippen molar-refractivity contribution in [2.75, 3.05) is 20.2 Å². The zero-order chi connectivity index (χ0) is 15.8. The molecule has 0 radical (unpaired) electrons. The van der Waals surface area contributed by atoms with Crippen LogP contribution in [0.1, 0.15) is 32.4 Å². The fourth-order valence-electron chi connectivity index (χ4n) is 1.51. The number of hydrogen-bond donors (Lipinski definition) is 0. The molecule has 0 aliphatic carbocycles. The summed E-state index contributed by atoms with van der Waals surface area (Å²) in [6, 6.07) is 1.89. The van der Waals surface area contributed by atoms with E-state index >= 15 is 0 Å². The SMILES string of the molecule is CCN(C)C=Nc1cc(Br)c(OCCCC(C)=O)nc1C. The van der Waals surface area contributed by atoms with Gasteiger partial charge in [0, 0.05) is 20.0 Å². The summed E-state index contributed by atoms with van der Waals surface area (Å²) in [7, 11) is 1.97. The van der Waals surface area contributed by atoms with Crippen LogP contribution in [-0.2, 0) is 4.79 Å². The second kappa shape index (κ2) is 8.77. The number of aliphatic imine (C=N–C) groups is 1. The number of nitrogens with zero attached hydrogens (tertiary/aromatic N) is 3. The van der Waals surface area contributed by atoms with Gasteiger partial charge in [0.2, 0.25) is 5.88 Å². The number of aryl methyl sites for hydroxylation is 1. The number of Topliss-reactive ketones (excluding diaryl/α,β-unsaturated/α-hetero) is 1. The lowest BCUT2D eigenvalue weighted by Gasteiger charge is -2.11. The molecule has 1 rings (SSSR count). The van der Waals surface area contributed by atoms with Crippen molar-refractivity contribution in [3.05, 3.63) is 16.2 Å². The quantitative estimate of drug-likeness (QED) is 0.406. The summed E-state index contributed by atoms with van der Waals surface area (Å²) < 4.78 is 6.36. The number of pyridine rings is 1. The molecular formula is C15H22BrN3O2. The predicted octanol–water partition coefficient (Wildman–Crippen LogP) is 3.51. The highest BCUT2D eigenvalue weighted by Gasteiger charge is 2.08. The second-order valence-electron chi connectivity index (χ2n) is 4.85. The first-order valence-corrected chi connectivity index (χ1v) is 7.77. The number of ketones is 1. The third kappa shape index (κ3) is 6.25. The van der Waals surface area contributed by atoms with Crippen LogP contribution in [0.25, 0.3) is 0 Å². The minimum atomic E-state index is 0.173. The molecule has 0 aromatic carbocycles. The molecule has 0 fully saturated rings. The third-order valence-electron chi connectivity index (χ3n) is 2.91. The lowest BCUT2D eigenvalue weighted by molar-refractivity contribution is -0.117. The molecule has 0 unspecified atom stereocenters. The molecule has 0 amide bonds. The van der Waals surface area contributed by atoms with Crippen molar-refractivity contribution in [1.29, 1.82) is 0 Å². The standard InChI is InChI=1S/C15H22BrN3O2/c1-5-19(4)10-17-14-9-13(16)15(18-12(14)3)21-8-6-7-11(2)20/h9-10H,5-8H2,1-4H3. The van der Waals surface area contributed by atoms with Gasteiger partial charge in [-0.25, -0.2) is 9.98 Å². The maximum Gasteiger partial charge on any atom is 0.228 e. The van der Waals surface area contributed by atoms with E-state index in [0.717, 1.165) is 22.4 Å². The molecule has 0 saturated carbocycles. The summed E-state index contributed by atoms with van der Waals surface area (Å²) in [5, 5.41) is 0. The Hall–Kier alpha value is -1.43. The van der Waals surface area contributed by atoms with E-state index in [1.807, 2.05) is 24.9 Å². The van der Waals surface area contributed by atoms with E-state index in [2.05, 4.69) is 32.8 Å². The van der Waals surface area contributed by atoms with Crippen LogP contribution in [0.15, 0.2) is 15.5 Å². The van der Waals surface area contributed by atoms with E-state index in [0.29, 0.717) is 25.3 Å². The Morgan fingerprint density at radius 2 is 2.29 bits per heavy atom. The highest BCUT2D eigenvalue weighted by Crippen LogP contribution is 2.29. The molecule has 1 heterocycles. The Morgan fingerprint density at radius 3 is 2.90 bits per heavy atom. The Labute approximate surface area is 134 Å². The van der Waals surface area contributed by atoms with E-state index in [1.54, 1.807) is 13.3 Å². The minimum Gasteiger partial charge on any atom is -0.477 e. The summed E-state index contributed by atoms with van der Waals surface area (Å²) in [6.45, 7) is 6.91. The highest BCUT2D eigenvalue weighted by molar-refractivity contribution is 9.10. The fourth-order valence-corrected chi connectivity index (χ4v) is 1.93. The zero-order valence-electron chi connectivity index (χ0n) is 13.0. The number of halogens is 1. The van der Waals surface area contributed by atoms with Crippen LogP contribution in [0.5, 0.6) is 5.88 Å². The molecule has 5 nitrogen and oxygen atoms in total. The predicted molar refractivity (Wildman–Crippen MR) is 88.5 cm³/mol. The summed E-state index contributed by atoms with van der Waals surface area (Å²) in [5.74, 6) is 0.713. The maximum absolute atomic E-state index is 10.9. The number of aromatic nitrogens is 1. The van der Waals surface area contributed by atoms with E-state index in [4.69, 9.17) is 4.74 Å². The molecule has 0 aliphatic rings. The Balaban J connectivity index is 2.70. The lowest BCUT2D eigenvalue weighted by Crippen LogP contribution is -2.14. The van der Waals surface area contributed by atoms with Gasteiger partial charge in [0.25, 0.3) is 0 Å². The molecule has 0 saturated heterocycles. The van der Waals surface area contributed by atoms with E-state index < -0.39 is 0 Å². The monoisotopic (exact) mass is 355 g/mol. The van der Waals surface area contributed by atoms with Gasteiger partial charge in [-0.15, -0.1) is 0 Å². The Morgan fingerprint density at radius 1 is 1.57 bits per heavy atom. The van der Waals surface area contributed by atoms with Crippen LogP contribution in [0.4, 0.5) is 5.69 Å². The van der Waals surface area contributed by atoms with Crippen LogP contribution >= 0.6 is 15.9 Å². The minimum absolute atomic E-state index is 0.173. The number of rotatable bonds is 8. The van der Waals surface area contributed by atoms with Crippen molar-refractivity contribution >= 4 is 33.7 Å². The topological polar surface area (TPSA) is 54.8 Å². The molecular weight excluding hydrogens is 334 g/mol. The molecule has 1 aromatic heterocycles. The number of ether oxygens (including phenoxy) is 1. The molecule has 116 valence electrons. The average Bonchev–Trinajstić information content (AvgIpc) is 2.44. The van der Waals surface area contributed by atoms with Gasteiger partial charge in [0.05, 0.1) is 28.8 Å². The van der Waals surface area contributed by atoms with Crippen molar-refractivity contribution in [2.45, 2.75) is 33.6 Å². The van der Waals surface area contributed by atoms with Gasteiger partial charge in [-0.2, -0.15) is 0 Å². The maximum atomic E-state index is 10.9. The van der Waals surface area contributed by atoms with Crippen LogP contribution in [0, 0.1) is 6.92 Å². The van der Waals surface area contributed by atoms with Gasteiger partial charge in [-0.1, -0.05) is 0 Å². The molecule has 6 heteroatoms. The highest BCUT2D eigenvalue weighted by atomic mass is 79.9. The van der Waals surface area contributed by atoms with E-state index in [9.17, 15) is 4.79 Å². The summed E-state index contributed by atoms with van der Waals surface area (Å²) >= 11 is 3.44. The summed E-state index contributed by atoms with van der Waals surface area (Å²) in [6.07, 6.45) is 3.01. The Bertz CT molecular complexity index is 518. The van der Waals surface area contributed by atoms with Crippen molar-refractivity contribution in [3.63, 3.8) is 0 Å². The van der Waals surface area contributed by atoms with Crippen LogP contribution < -0.4 is 4.74 Å². The van der Waals surface area contributed by atoms with Crippen LogP contribution in [-0.4, -0.2) is 42.2 Å². The largest absolute Gasteiger partial charge is 0.477 e. The van der Waals surface area contributed by atoms with Crippen molar-refractivity contribution in [2.24, 2.45) is 4.99 Å². The van der Waals surface area contributed by atoms with Crippen molar-refractivity contribution in [1.82, 2.24) is 9.88 Å². The normalized spacial score (nSPS) is 10.9. The smallest absolute Gasteiger partial charge is 0.228 e. The first-order valence-electron chi connectivity index (χ1n) is 6.97. The lowest BCUT2D eigenvalue weighted by atomic mass is 10.2. The number of carbonyl (C=O) groups excluding carboxylic acids is 1. The van der Waals surface area contributed by atoms with Crippen LogP contribution in [0.2, 0.25) is 0 Å². The van der Waals surface area contributed by atoms with Gasteiger partial charge in [0.1, 0.15) is 5.78 Å². The van der Waals surface area contributed by atoms with Gasteiger partial charge in [-0.3, -0.25) is 0 Å². The first-order chi connectivity index (χ1) is 9.93. The molecule has 0 N–H and O–H groups in total. The van der Waals surface area contributed by atoms with Gasteiger partial charge >= 0.3 is 0 Å².